The minimum absolute atomic E-state index is 0.119. The van der Waals surface area contributed by atoms with Gasteiger partial charge in [0.2, 0.25) is 0 Å². The largest absolute Gasteiger partial charge is 0.327 e. The molecule has 0 saturated carbocycles. The summed E-state index contributed by atoms with van der Waals surface area (Å²) in [6, 6.07) is 1.88. The molecular formula is C8H9N3O. The van der Waals surface area contributed by atoms with Gasteiger partial charge in [0.15, 0.2) is 5.65 Å². The Morgan fingerprint density at radius 1 is 1.58 bits per heavy atom. The highest BCUT2D eigenvalue weighted by Crippen LogP contribution is 2.10. The molecule has 2 aromatic rings. The Morgan fingerprint density at radius 2 is 2.33 bits per heavy atom. The molecule has 12 heavy (non-hydrogen) atoms. The number of aromatic amines is 1. The molecule has 0 aromatic carbocycles. The number of aromatic nitrogens is 3. The molecule has 4 heteroatoms. The first kappa shape index (κ1) is 7.09. The lowest BCUT2D eigenvalue weighted by Crippen LogP contribution is -2.12. The average Bonchev–Trinajstić information content (AvgIpc) is 2.29. The predicted molar refractivity (Wildman–Crippen MR) is 46.1 cm³/mol. The summed E-state index contributed by atoms with van der Waals surface area (Å²) in [7, 11) is 1.73. The number of nitrogens with zero attached hydrogens (tertiary/aromatic N) is 2. The quantitative estimate of drug-likeness (QED) is 0.617. The lowest BCUT2D eigenvalue weighted by molar-refractivity contribution is 0.889. The molecule has 2 heterocycles. The summed E-state index contributed by atoms with van der Waals surface area (Å²) >= 11 is 0. The number of nitrogens with one attached hydrogen (secondary N) is 1. The van der Waals surface area contributed by atoms with E-state index in [1.54, 1.807) is 17.8 Å². The molecule has 0 aliphatic heterocycles. The van der Waals surface area contributed by atoms with Crippen molar-refractivity contribution in [1.82, 2.24) is 14.5 Å². The summed E-state index contributed by atoms with van der Waals surface area (Å²) in [5, 5.41) is 0. The van der Waals surface area contributed by atoms with Crippen molar-refractivity contribution in [2.45, 2.75) is 6.92 Å². The third-order valence-electron chi connectivity index (χ3n) is 1.99. The Hall–Kier alpha value is -1.58. The highest BCUT2D eigenvalue weighted by Gasteiger charge is 2.04. The van der Waals surface area contributed by atoms with E-state index in [1.807, 2.05) is 13.0 Å². The van der Waals surface area contributed by atoms with Crippen molar-refractivity contribution in [2.24, 2.45) is 7.05 Å². The van der Waals surface area contributed by atoms with Gasteiger partial charge in [-0.2, -0.15) is 0 Å². The number of pyridine rings is 1. The lowest BCUT2D eigenvalue weighted by atomic mass is 10.3. The molecule has 2 rings (SSSR count). The number of hydrogen-bond acceptors (Lipinski definition) is 2. The normalized spacial score (nSPS) is 10.8. The Labute approximate surface area is 68.9 Å². The van der Waals surface area contributed by atoms with Crippen LogP contribution < -0.4 is 5.69 Å². The van der Waals surface area contributed by atoms with Crippen molar-refractivity contribution in [3.63, 3.8) is 0 Å². The summed E-state index contributed by atoms with van der Waals surface area (Å²) in [4.78, 5) is 17.9. The van der Waals surface area contributed by atoms with Gasteiger partial charge in [-0.15, -0.1) is 0 Å². The zero-order chi connectivity index (χ0) is 8.72. The van der Waals surface area contributed by atoms with Crippen molar-refractivity contribution < 1.29 is 0 Å². The van der Waals surface area contributed by atoms with Gasteiger partial charge in [0.1, 0.15) is 0 Å². The van der Waals surface area contributed by atoms with Crippen LogP contribution in [0.2, 0.25) is 0 Å². The van der Waals surface area contributed by atoms with E-state index in [0.29, 0.717) is 5.65 Å². The van der Waals surface area contributed by atoms with E-state index < -0.39 is 0 Å². The van der Waals surface area contributed by atoms with Crippen LogP contribution in [-0.2, 0) is 7.05 Å². The average molecular weight is 163 g/mol. The van der Waals surface area contributed by atoms with Crippen molar-refractivity contribution in [2.75, 3.05) is 0 Å². The van der Waals surface area contributed by atoms with Gasteiger partial charge in [0, 0.05) is 13.2 Å². The summed E-state index contributed by atoms with van der Waals surface area (Å²) in [6.45, 7) is 1.96. The molecular weight excluding hydrogens is 154 g/mol. The van der Waals surface area contributed by atoms with Crippen LogP contribution in [-0.4, -0.2) is 14.5 Å². The summed E-state index contributed by atoms with van der Waals surface area (Å²) < 4.78 is 1.57. The third-order valence-corrected chi connectivity index (χ3v) is 1.99. The van der Waals surface area contributed by atoms with Gasteiger partial charge in [-0.25, -0.2) is 9.78 Å². The van der Waals surface area contributed by atoms with E-state index >= 15 is 0 Å². The fraction of sp³-hybridized carbons (Fsp3) is 0.250. The molecule has 2 aromatic heterocycles. The standard InChI is InChI=1S/C8H9N3O/c1-5-3-4-9-7-6(5)11(2)8(12)10-7/h3-4H,1-2H3,(H,9,10,12). The molecule has 1 N–H and O–H groups in total. The Morgan fingerprint density at radius 3 is 3.00 bits per heavy atom. The highest BCUT2D eigenvalue weighted by atomic mass is 16.1. The molecule has 0 unspecified atom stereocenters. The van der Waals surface area contributed by atoms with Crippen LogP contribution in [0, 0.1) is 6.92 Å². The molecule has 0 aliphatic carbocycles. The molecule has 0 fully saturated rings. The third kappa shape index (κ3) is 0.777. The fourth-order valence-electron chi connectivity index (χ4n) is 1.35. The SMILES string of the molecule is Cc1ccnc2[nH]c(=O)n(C)c12. The van der Waals surface area contributed by atoms with E-state index in [2.05, 4.69) is 9.97 Å². The van der Waals surface area contributed by atoms with Gasteiger partial charge in [0.25, 0.3) is 0 Å². The minimum Gasteiger partial charge on any atom is -0.293 e. The number of rotatable bonds is 0. The van der Waals surface area contributed by atoms with Gasteiger partial charge >= 0.3 is 5.69 Å². The second-order valence-electron chi connectivity index (χ2n) is 2.81. The van der Waals surface area contributed by atoms with E-state index in [1.165, 1.54) is 0 Å². The van der Waals surface area contributed by atoms with Crippen LogP contribution in [0.1, 0.15) is 5.56 Å². The monoisotopic (exact) mass is 163 g/mol. The van der Waals surface area contributed by atoms with Crippen LogP contribution >= 0.6 is 0 Å². The minimum atomic E-state index is -0.119. The Bertz CT molecular complexity index is 480. The van der Waals surface area contributed by atoms with Crippen LogP contribution in [0.3, 0.4) is 0 Å². The van der Waals surface area contributed by atoms with E-state index in [9.17, 15) is 4.79 Å². The van der Waals surface area contributed by atoms with Crippen LogP contribution in [0.15, 0.2) is 17.1 Å². The smallest absolute Gasteiger partial charge is 0.293 e. The molecule has 0 saturated heterocycles. The molecule has 0 radical (unpaired) electrons. The predicted octanol–water partition coefficient (Wildman–Crippen LogP) is 0.570. The van der Waals surface area contributed by atoms with Gasteiger partial charge in [-0.05, 0) is 18.6 Å². The van der Waals surface area contributed by atoms with Crippen molar-refractivity contribution >= 4 is 11.2 Å². The van der Waals surface area contributed by atoms with Gasteiger partial charge in [0.05, 0.1) is 5.52 Å². The maximum Gasteiger partial charge on any atom is 0.327 e. The Kier molecular flexibility index (Phi) is 1.30. The van der Waals surface area contributed by atoms with E-state index in [0.717, 1.165) is 11.1 Å². The number of aryl methyl sites for hydroxylation is 2. The first-order valence-electron chi connectivity index (χ1n) is 3.70. The Balaban J connectivity index is 3.07. The van der Waals surface area contributed by atoms with Crippen molar-refractivity contribution in [1.29, 1.82) is 0 Å². The molecule has 0 bridgehead atoms. The summed E-state index contributed by atoms with van der Waals surface area (Å²) in [5.41, 5.74) is 2.47. The zero-order valence-corrected chi connectivity index (χ0v) is 6.96. The van der Waals surface area contributed by atoms with E-state index in [-0.39, 0.29) is 5.69 Å². The molecule has 62 valence electrons. The maximum atomic E-state index is 11.2. The number of fused-ring (bicyclic) bond motifs is 1. The van der Waals surface area contributed by atoms with Crippen molar-refractivity contribution in [3.05, 3.63) is 28.3 Å². The summed E-state index contributed by atoms with van der Waals surface area (Å²) in [5.74, 6) is 0. The van der Waals surface area contributed by atoms with Gasteiger partial charge < -0.3 is 0 Å². The molecule has 0 amide bonds. The number of imidazole rings is 1. The fourth-order valence-corrected chi connectivity index (χ4v) is 1.35. The first-order chi connectivity index (χ1) is 5.70. The molecule has 0 atom stereocenters. The van der Waals surface area contributed by atoms with Crippen LogP contribution in [0.4, 0.5) is 0 Å². The zero-order valence-electron chi connectivity index (χ0n) is 6.96. The molecule has 4 nitrogen and oxygen atoms in total. The lowest BCUT2D eigenvalue weighted by Gasteiger charge is -1.95. The second kappa shape index (κ2) is 2.20. The maximum absolute atomic E-state index is 11.2. The van der Waals surface area contributed by atoms with Gasteiger partial charge in [-0.1, -0.05) is 0 Å². The van der Waals surface area contributed by atoms with Crippen molar-refractivity contribution in [3.8, 4) is 0 Å². The number of H-pyrrole nitrogens is 1. The molecule has 0 spiro atoms. The molecule has 0 aliphatic rings. The van der Waals surface area contributed by atoms with E-state index in [4.69, 9.17) is 0 Å². The van der Waals surface area contributed by atoms with Crippen LogP contribution in [0.25, 0.3) is 11.2 Å². The first-order valence-corrected chi connectivity index (χ1v) is 3.70. The van der Waals surface area contributed by atoms with Gasteiger partial charge in [-0.3, -0.25) is 9.55 Å². The summed E-state index contributed by atoms with van der Waals surface area (Å²) in [6.07, 6.45) is 1.69. The second-order valence-corrected chi connectivity index (χ2v) is 2.81. The van der Waals surface area contributed by atoms with Crippen LogP contribution in [0.5, 0.6) is 0 Å². The topological polar surface area (TPSA) is 50.7 Å². The number of hydrogen-bond donors (Lipinski definition) is 1. The highest BCUT2D eigenvalue weighted by molar-refractivity contribution is 5.74.